The van der Waals surface area contributed by atoms with Crippen molar-refractivity contribution in [3.63, 3.8) is 0 Å². The maximum atomic E-state index is 5.66. The number of rotatable bonds is 3. The van der Waals surface area contributed by atoms with Crippen LogP contribution in [0.2, 0.25) is 0 Å². The van der Waals surface area contributed by atoms with Gasteiger partial charge < -0.3 is 10.1 Å². The van der Waals surface area contributed by atoms with Crippen molar-refractivity contribution in [2.24, 2.45) is 0 Å². The highest BCUT2D eigenvalue weighted by atomic mass is 35.5. The third-order valence-corrected chi connectivity index (χ3v) is 2.28. The topological polar surface area (TPSA) is 21.3 Å². The van der Waals surface area contributed by atoms with Crippen LogP contribution in [0.25, 0.3) is 0 Å². The molecular formula is C9H16ClNO. The van der Waals surface area contributed by atoms with Gasteiger partial charge in [-0.1, -0.05) is 18.2 Å². The first-order chi connectivity index (χ1) is 5.62. The van der Waals surface area contributed by atoms with Gasteiger partial charge in [0.05, 0.1) is 6.61 Å². The van der Waals surface area contributed by atoms with Gasteiger partial charge in [-0.25, -0.2) is 0 Å². The van der Waals surface area contributed by atoms with Crippen LogP contribution in [-0.4, -0.2) is 25.3 Å². The fraction of sp³-hybridized carbons (Fsp3) is 0.778. The molecule has 0 radical (unpaired) electrons. The predicted molar refractivity (Wildman–Crippen MR) is 51.5 cm³/mol. The molecule has 0 spiro atoms. The zero-order chi connectivity index (χ0) is 9.03. The van der Waals surface area contributed by atoms with Crippen LogP contribution >= 0.6 is 11.6 Å². The summed E-state index contributed by atoms with van der Waals surface area (Å²) >= 11 is 5.66. The molecule has 0 aromatic heterocycles. The first-order valence-corrected chi connectivity index (χ1v) is 4.66. The molecule has 1 fully saturated rings. The fourth-order valence-corrected chi connectivity index (χ4v) is 1.45. The van der Waals surface area contributed by atoms with Gasteiger partial charge in [0.25, 0.3) is 0 Å². The summed E-state index contributed by atoms with van der Waals surface area (Å²) < 4.78 is 5.38. The lowest BCUT2D eigenvalue weighted by Gasteiger charge is -2.34. The monoisotopic (exact) mass is 189 g/mol. The number of ether oxygens (including phenoxy) is 1. The Hall–Kier alpha value is -0.0500. The van der Waals surface area contributed by atoms with E-state index in [1.165, 1.54) is 0 Å². The van der Waals surface area contributed by atoms with Gasteiger partial charge >= 0.3 is 0 Å². The smallest absolute Gasteiger partial charge is 0.0645 e. The summed E-state index contributed by atoms with van der Waals surface area (Å²) in [6.07, 6.45) is 2.27. The number of hydrogen-bond donors (Lipinski definition) is 1. The second kappa shape index (κ2) is 4.26. The Balaban J connectivity index is 2.31. The Bertz CT molecular complexity index is 164. The summed E-state index contributed by atoms with van der Waals surface area (Å²) in [6, 6.07) is 0. The molecule has 0 aromatic carbocycles. The Morgan fingerprint density at radius 1 is 1.75 bits per heavy atom. The second-order valence-electron chi connectivity index (χ2n) is 3.59. The van der Waals surface area contributed by atoms with Crippen LogP contribution in [-0.2, 0) is 4.74 Å². The maximum absolute atomic E-state index is 5.66. The average molecular weight is 190 g/mol. The molecule has 1 aliphatic heterocycles. The van der Waals surface area contributed by atoms with Crippen LogP contribution in [0.5, 0.6) is 0 Å². The first kappa shape index (κ1) is 10.0. The lowest BCUT2D eigenvalue weighted by atomic mass is 9.95. The van der Waals surface area contributed by atoms with Crippen LogP contribution in [0.3, 0.4) is 0 Å². The maximum Gasteiger partial charge on any atom is 0.0645 e. The van der Waals surface area contributed by atoms with E-state index in [4.69, 9.17) is 16.3 Å². The summed E-state index contributed by atoms with van der Waals surface area (Å²) in [5.74, 6) is 0. The van der Waals surface area contributed by atoms with Crippen molar-refractivity contribution in [3.05, 3.63) is 11.6 Å². The van der Waals surface area contributed by atoms with Crippen molar-refractivity contribution in [2.45, 2.75) is 25.3 Å². The van der Waals surface area contributed by atoms with Gasteiger partial charge in [-0.3, -0.25) is 0 Å². The number of nitrogens with one attached hydrogen (secondary N) is 1. The van der Waals surface area contributed by atoms with E-state index in [1.807, 2.05) is 0 Å². The summed E-state index contributed by atoms with van der Waals surface area (Å²) in [5.41, 5.74) is 0.0933. The molecule has 1 aliphatic rings. The van der Waals surface area contributed by atoms with Crippen LogP contribution in [0.1, 0.15) is 19.8 Å². The molecule has 3 heteroatoms. The van der Waals surface area contributed by atoms with Crippen molar-refractivity contribution >= 4 is 11.6 Å². The average Bonchev–Trinajstić information content (AvgIpc) is 2.03. The van der Waals surface area contributed by atoms with E-state index in [-0.39, 0.29) is 5.54 Å². The molecule has 70 valence electrons. The second-order valence-corrected chi connectivity index (χ2v) is 4.12. The largest absolute Gasteiger partial charge is 0.380 e. The summed E-state index contributed by atoms with van der Waals surface area (Å²) in [7, 11) is 0. The van der Waals surface area contributed by atoms with Crippen molar-refractivity contribution < 1.29 is 4.74 Å². The van der Waals surface area contributed by atoms with E-state index in [2.05, 4.69) is 18.8 Å². The van der Waals surface area contributed by atoms with Crippen LogP contribution in [0, 0.1) is 0 Å². The molecule has 12 heavy (non-hydrogen) atoms. The van der Waals surface area contributed by atoms with Crippen molar-refractivity contribution in [1.82, 2.24) is 5.32 Å². The fourth-order valence-electron chi connectivity index (χ4n) is 1.38. The molecule has 1 atom stereocenters. The Morgan fingerprint density at radius 3 is 3.00 bits per heavy atom. The minimum atomic E-state index is 0.0933. The van der Waals surface area contributed by atoms with Gasteiger partial charge in [0, 0.05) is 23.7 Å². The molecule has 0 aromatic rings. The van der Waals surface area contributed by atoms with Crippen molar-refractivity contribution in [2.75, 3.05) is 19.8 Å². The van der Waals surface area contributed by atoms with E-state index < -0.39 is 0 Å². The minimum Gasteiger partial charge on any atom is -0.380 e. The van der Waals surface area contributed by atoms with E-state index in [9.17, 15) is 0 Å². The summed E-state index contributed by atoms with van der Waals surface area (Å²) in [4.78, 5) is 0. The molecule has 1 unspecified atom stereocenters. The van der Waals surface area contributed by atoms with Gasteiger partial charge in [0.15, 0.2) is 0 Å². The van der Waals surface area contributed by atoms with Crippen LogP contribution < -0.4 is 5.32 Å². The SMILES string of the molecule is C=C(Cl)CNC1(C)CCCOC1. The molecule has 2 nitrogen and oxygen atoms in total. The highest BCUT2D eigenvalue weighted by Gasteiger charge is 2.26. The Labute approximate surface area is 78.9 Å². The van der Waals surface area contributed by atoms with E-state index in [0.29, 0.717) is 11.6 Å². The van der Waals surface area contributed by atoms with E-state index in [1.54, 1.807) is 0 Å². The molecule has 0 saturated carbocycles. The first-order valence-electron chi connectivity index (χ1n) is 4.28. The molecule has 1 heterocycles. The van der Waals surface area contributed by atoms with E-state index in [0.717, 1.165) is 26.1 Å². The zero-order valence-electron chi connectivity index (χ0n) is 7.53. The molecular weight excluding hydrogens is 174 g/mol. The van der Waals surface area contributed by atoms with Gasteiger partial charge in [0.2, 0.25) is 0 Å². The minimum absolute atomic E-state index is 0.0933. The lowest BCUT2D eigenvalue weighted by molar-refractivity contribution is 0.0301. The highest BCUT2D eigenvalue weighted by Crippen LogP contribution is 2.18. The quantitative estimate of drug-likeness (QED) is 0.733. The highest BCUT2D eigenvalue weighted by molar-refractivity contribution is 6.29. The summed E-state index contributed by atoms with van der Waals surface area (Å²) in [5, 5.41) is 4.00. The normalized spacial score (nSPS) is 30.2. The Morgan fingerprint density at radius 2 is 2.50 bits per heavy atom. The predicted octanol–water partition coefficient (Wildman–Crippen LogP) is 1.90. The Kier molecular flexibility index (Phi) is 3.56. The van der Waals surface area contributed by atoms with Gasteiger partial charge in [-0.2, -0.15) is 0 Å². The number of hydrogen-bond acceptors (Lipinski definition) is 2. The molecule has 0 amide bonds. The zero-order valence-corrected chi connectivity index (χ0v) is 8.28. The lowest BCUT2D eigenvalue weighted by Crippen LogP contribution is -2.49. The van der Waals surface area contributed by atoms with Crippen molar-refractivity contribution in [1.29, 1.82) is 0 Å². The van der Waals surface area contributed by atoms with E-state index >= 15 is 0 Å². The third-order valence-electron chi connectivity index (χ3n) is 2.14. The molecule has 1 rings (SSSR count). The molecule has 0 aliphatic carbocycles. The van der Waals surface area contributed by atoms with Crippen LogP contribution in [0.4, 0.5) is 0 Å². The molecule has 0 bridgehead atoms. The number of halogens is 1. The standard InChI is InChI=1S/C9H16ClNO/c1-8(10)6-11-9(2)4-3-5-12-7-9/h11H,1,3-7H2,2H3. The van der Waals surface area contributed by atoms with Gasteiger partial charge in [-0.05, 0) is 19.8 Å². The third kappa shape index (κ3) is 3.13. The molecule has 1 saturated heterocycles. The van der Waals surface area contributed by atoms with Crippen molar-refractivity contribution in [3.8, 4) is 0 Å². The van der Waals surface area contributed by atoms with Gasteiger partial charge in [0.1, 0.15) is 0 Å². The van der Waals surface area contributed by atoms with Gasteiger partial charge in [-0.15, -0.1) is 0 Å². The summed E-state index contributed by atoms with van der Waals surface area (Å²) in [6.45, 7) is 8.12. The molecule has 1 N–H and O–H groups in total. The van der Waals surface area contributed by atoms with Crippen LogP contribution in [0.15, 0.2) is 11.6 Å².